The van der Waals surface area contributed by atoms with Crippen LogP contribution < -0.4 is 5.32 Å². The Hall–Kier alpha value is -2.09. The average molecular weight is 305 g/mol. The predicted molar refractivity (Wildman–Crippen MR) is 66.8 cm³/mol. The van der Waals surface area contributed by atoms with E-state index in [1.165, 1.54) is 13.0 Å². The first kappa shape index (κ1) is 17.0. The maximum absolute atomic E-state index is 12.5. The highest BCUT2D eigenvalue weighted by atomic mass is 19.4. The number of nitrogens with one attached hydrogen (secondary N) is 1. The van der Waals surface area contributed by atoms with Crippen LogP contribution in [0.2, 0.25) is 0 Å². The second-order valence-electron chi connectivity index (χ2n) is 4.19. The molecular formula is C13H14F3NO4. The maximum atomic E-state index is 12.5. The SMILES string of the molecule is CC(OCCNC(=O)c1cccc(C(F)(F)F)c1)C(=O)O. The third kappa shape index (κ3) is 5.42. The van der Waals surface area contributed by atoms with Crippen molar-refractivity contribution in [3.63, 3.8) is 0 Å². The summed E-state index contributed by atoms with van der Waals surface area (Å²) in [7, 11) is 0. The Morgan fingerprint density at radius 3 is 2.62 bits per heavy atom. The fraction of sp³-hybridized carbons (Fsp3) is 0.385. The van der Waals surface area contributed by atoms with Crippen LogP contribution in [0.1, 0.15) is 22.8 Å². The smallest absolute Gasteiger partial charge is 0.416 e. The van der Waals surface area contributed by atoms with Crippen molar-refractivity contribution in [1.29, 1.82) is 0 Å². The summed E-state index contributed by atoms with van der Waals surface area (Å²) in [6, 6.07) is 4.01. The number of aliphatic carboxylic acids is 1. The van der Waals surface area contributed by atoms with Gasteiger partial charge in [-0.25, -0.2) is 4.79 Å². The van der Waals surface area contributed by atoms with Crippen molar-refractivity contribution in [2.75, 3.05) is 13.2 Å². The number of halogens is 3. The molecule has 1 aromatic carbocycles. The van der Waals surface area contributed by atoms with E-state index in [0.717, 1.165) is 18.2 Å². The van der Waals surface area contributed by atoms with Crippen LogP contribution in [-0.2, 0) is 15.7 Å². The van der Waals surface area contributed by atoms with Gasteiger partial charge < -0.3 is 15.2 Å². The van der Waals surface area contributed by atoms with Crippen LogP contribution in [0.3, 0.4) is 0 Å². The number of alkyl halides is 3. The van der Waals surface area contributed by atoms with Crippen LogP contribution in [0.4, 0.5) is 13.2 Å². The van der Waals surface area contributed by atoms with Gasteiger partial charge in [-0.05, 0) is 25.1 Å². The molecule has 0 aromatic heterocycles. The second kappa shape index (κ2) is 7.07. The maximum Gasteiger partial charge on any atom is 0.416 e. The summed E-state index contributed by atoms with van der Waals surface area (Å²) in [6.07, 6.45) is -5.54. The molecule has 1 atom stereocenters. The van der Waals surface area contributed by atoms with E-state index in [1.807, 2.05) is 0 Å². The summed E-state index contributed by atoms with van der Waals surface area (Å²) in [6.45, 7) is 1.27. The third-order valence-electron chi connectivity index (χ3n) is 2.56. The number of carbonyl (C=O) groups is 2. The fourth-order valence-corrected chi connectivity index (χ4v) is 1.41. The highest BCUT2D eigenvalue weighted by molar-refractivity contribution is 5.94. The summed E-state index contributed by atoms with van der Waals surface area (Å²) in [4.78, 5) is 22.1. The number of rotatable bonds is 6. The summed E-state index contributed by atoms with van der Waals surface area (Å²) >= 11 is 0. The molecule has 0 spiro atoms. The number of amides is 1. The van der Waals surface area contributed by atoms with Gasteiger partial charge in [0.05, 0.1) is 12.2 Å². The lowest BCUT2D eigenvalue weighted by Gasteiger charge is -2.10. The van der Waals surface area contributed by atoms with Gasteiger partial charge in [-0.3, -0.25) is 4.79 Å². The lowest BCUT2D eigenvalue weighted by Crippen LogP contribution is -2.30. The summed E-state index contributed by atoms with van der Waals surface area (Å²) < 4.78 is 42.4. The molecule has 21 heavy (non-hydrogen) atoms. The molecule has 0 saturated carbocycles. The molecule has 1 aromatic rings. The lowest BCUT2D eigenvalue weighted by atomic mass is 10.1. The number of carbonyl (C=O) groups excluding carboxylic acids is 1. The normalized spacial score (nSPS) is 12.8. The minimum Gasteiger partial charge on any atom is -0.479 e. The molecule has 0 radical (unpaired) electrons. The number of benzene rings is 1. The van der Waals surface area contributed by atoms with E-state index < -0.39 is 29.7 Å². The van der Waals surface area contributed by atoms with Crippen molar-refractivity contribution in [1.82, 2.24) is 5.32 Å². The molecule has 2 N–H and O–H groups in total. The molecular weight excluding hydrogens is 291 g/mol. The summed E-state index contributed by atoms with van der Waals surface area (Å²) in [5, 5.41) is 10.9. The first-order valence-electron chi connectivity index (χ1n) is 6.01. The highest BCUT2D eigenvalue weighted by Crippen LogP contribution is 2.29. The number of carboxylic acid groups (broad SMARTS) is 1. The molecule has 8 heteroatoms. The molecule has 1 rings (SSSR count). The number of hydrogen-bond acceptors (Lipinski definition) is 3. The zero-order valence-electron chi connectivity index (χ0n) is 11.1. The van der Waals surface area contributed by atoms with Gasteiger partial charge in [-0.15, -0.1) is 0 Å². The van der Waals surface area contributed by atoms with Gasteiger partial charge in [0, 0.05) is 12.1 Å². The van der Waals surface area contributed by atoms with Crippen LogP contribution in [0, 0.1) is 0 Å². The number of ether oxygens (including phenoxy) is 1. The molecule has 0 bridgehead atoms. The second-order valence-corrected chi connectivity index (χ2v) is 4.19. The average Bonchev–Trinajstić information content (AvgIpc) is 2.42. The molecule has 0 aliphatic rings. The van der Waals surface area contributed by atoms with E-state index in [-0.39, 0.29) is 18.7 Å². The Kier molecular flexibility index (Phi) is 5.71. The number of carboxylic acids is 1. The molecule has 0 saturated heterocycles. The lowest BCUT2D eigenvalue weighted by molar-refractivity contribution is -0.149. The Morgan fingerprint density at radius 2 is 2.05 bits per heavy atom. The first-order valence-corrected chi connectivity index (χ1v) is 6.01. The van der Waals surface area contributed by atoms with E-state index in [4.69, 9.17) is 9.84 Å². The van der Waals surface area contributed by atoms with E-state index in [1.54, 1.807) is 0 Å². The van der Waals surface area contributed by atoms with Gasteiger partial charge in [0.15, 0.2) is 6.10 Å². The third-order valence-corrected chi connectivity index (χ3v) is 2.56. The summed E-state index contributed by atoms with van der Waals surface area (Å²) in [5.41, 5.74) is -1.04. The van der Waals surface area contributed by atoms with Crippen LogP contribution in [0.25, 0.3) is 0 Å². The van der Waals surface area contributed by atoms with Crippen LogP contribution in [-0.4, -0.2) is 36.2 Å². The van der Waals surface area contributed by atoms with E-state index in [2.05, 4.69) is 5.32 Å². The van der Waals surface area contributed by atoms with Crippen molar-refractivity contribution >= 4 is 11.9 Å². The van der Waals surface area contributed by atoms with Gasteiger partial charge >= 0.3 is 12.1 Å². The van der Waals surface area contributed by atoms with E-state index >= 15 is 0 Å². The van der Waals surface area contributed by atoms with Gasteiger partial charge in [0.1, 0.15) is 0 Å². The van der Waals surface area contributed by atoms with Crippen molar-refractivity contribution < 1.29 is 32.6 Å². The highest BCUT2D eigenvalue weighted by Gasteiger charge is 2.30. The van der Waals surface area contributed by atoms with Crippen LogP contribution >= 0.6 is 0 Å². The molecule has 0 fully saturated rings. The van der Waals surface area contributed by atoms with Crippen molar-refractivity contribution in [3.8, 4) is 0 Å². The quantitative estimate of drug-likeness (QED) is 0.787. The van der Waals surface area contributed by atoms with E-state index in [0.29, 0.717) is 0 Å². The monoisotopic (exact) mass is 305 g/mol. The zero-order valence-corrected chi connectivity index (χ0v) is 11.1. The van der Waals surface area contributed by atoms with Crippen molar-refractivity contribution in [2.24, 2.45) is 0 Å². The zero-order chi connectivity index (χ0) is 16.0. The Labute approximate surface area is 118 Å². The van der Waals surface area contributed by atoms with Crippen molar-refractivity contribution in [3.05, 3.63) is 35.4 Å². The molecule has 5 nitrogen and oxygen atoms in total. The Bertz CT molecular complexity index is 516. The van der Waals surface area contributed by atoms with E-state index in [9.17, 15) is 22.8 Å². The molecule has 0 heterocycles. The van der Waals surface area contributed by atoms with Crippen molar-refractivity contribution in [2.45, 2.75) is 19.2 Å². The topological polar surface area (TPSA) is 75.6 Å². The van der Waals surface area contributed by atoms with Gasteiger partial charge in [-0.1, -0.05) is 6.07 Å². The molecule has 0 aliphatic carbocycles. The molecule has 116 valence electrons. The Balaban J connectivity index is 2.51. The van der Waals surface area contributed by atoms with Gasteiger partial charge in [0.2, 0.25) is 0 Å². The van der Waals surface area contributed by atoms with Crippen LogP contribution in [0.5, 0.6) is 0 Å². The van der Waals surface area contributed by atoms with Gasteiger partial charge in [0.25, 0.3) is 5.91 Å². The number of hydrogen-bond donors (Lipinski definition) is 2. The standard InChI is InChI=1S/C13H14F3NO4/c1-8(12(19)20)21-6-5-17-11(18)9-3-2-4-10(7-9)13(14,15)16/h2-4,7-8H,5-6H2,1H3,(H,17,18)(H,19,20). The molecule has 1 unspecified atom stereocenters. The fourth-order valence-electron chi connectivity index (χ4n) is 1.41. The van der Waals surface area contributed by atoms with Gasteiger partial charge in [-0.2, -0.15) is 13.2 Å². The summed E-state index contributed by atoms with van der Waals surface area (Å²) in [5.74, 6) is -1.83. The minimum atomic E-state index is -4.52. The predicted octanol–water partition coefficient (Wildman–Crippen LogP) is 1.92. The largest absolute Gasteiger partial charge is 0.479 e. The minimum absolute atomic E-state index is 0.00724. The van der Waals surface area contributed by atoms with Crippen LogP contribution in [0.15, 0.2) is 24.3 Å². The molecule has 0 aliphatic heterocycles. The molecule has 1 amide bonds. The first-order chi connectivity index (χ1) is 9.71. The Morgan fingerprint density at radius 1 is 1.38 bits per heavy atom.